The summed E-state index contributed by atoms with van der Waals surface area (Å²) >= 11 is 1.46. The number of aromatic carboxylic acids is 1. The van der Waals surface area contributed by atoms with Crippen LogP contribution >= 0.6 is 11.3 Å². The number of carboxylic acids is 1. The highest BCUT2D eigenvalue weighted by Gasteiger charge is 2.48. The predicted molar refractivity (Wildman–Crippen MR) is 50.2 cm³/mol. The van der Waals surface area contributed by atoms with Crippen molar-refractivity contribution in [2.45, 2.75) is 26.2 Å². The third-order valence-electron chi connectivity index (χ3n) is 2.55. The van der Waals surface area contributed by atoms with Crippen molar-refractivity contribution < 1.29 is 9.90 Å². The Labute approximate surface area is 80.4 Å². The number of carbonyl (C=O) groups is 1. The Balaban J connectivity index is 2.20. The van der Waals surface area contributed by atoms with Crippen LogP contribution in [0.5, 0.6) is 0 Å². The van der Waals surface area contributed by atoms with E-state index in [2.05, 4.69) is 18.8 Å². The van der Waals surface area contributed by atoms with Gasteiger partial charge in [-0.05, 0) is 11.8 Å². The molecule has 1 aromatic heterocycles. The van der Waals surface area contributed by atoms with Gasteiger partial charge >= 0.3 is 5.97 Å². The molecule has 1 N–H and O–H groups in total. The molecule has 13 heavy (non-hydrogen) atoms. The molecular weight excluding hydrogens is 186 g/mol. The van der Waals surface area contributed by atoms with Crippen molar-refractivity contribution in [3.63, 3.8) is 0 Å². The normalized spacial score (nSPS) is 24.3. The van der Waals surface area contributed by atoms with Gasteiger partial charge in [-0.3, -0.25) is 0 Å². The molecule has 0 amide bonds. The van der Waals surface area contributed by atoms with Crippen molar-refractivity contribution in [2.75, 3.05) is 0 Å². The van der Waals surface area contributed by atoms with Crippen LogP contribution in [0.25, 0.3) is 0 Å². The van der Waals surface area contributed by atoms with Gasteiger partial charge in [-0.2, -0.15) is 0 Å². The molecule has 0 aliphatic heterocycles. The van der Waals surface area contributed by atoms with Crippen LogP contribution in [0.15, 0.2) is 5.38 Å². The highest BCUT2D eigenvalue weighted by Crippen LogP contribution is 2.59. The van der Waals surface area contributed by atoms with E-state index < -0.39 is 5.97 Å². The average molecular weight is 197 g/mol. The number of hydrogen-bond acceptors (Lipinski definition) is 3. The van der Waals surface area contributed by atoms with E-state index in [0.29, 0.717) is 11.3 Å². The Kier molecular flexibility index (Phi) is 1.70. The number of thiazole rings is 1. The van der Waals surface area contributed by atoms with Crippen molar-refractivity contribution in [1.29, 1.82) is 0 Å². The topological polar surface area (TPSA) is 50.2 Å². The second-order valence-electron chi connectivity index (χ2n) is 4.12. The van der Waals surface area contributed by atoms with E-state index >= 15 is 0 Å². The molecule has 70 valence electrons. The second-order valence-corrected chi connectivity index (χ2v) is 5.01. The van der Waals surface area contributed by atoms with Gasteiger partial charge in [-0.25, -0.2) is 9.78 Å². The summed E-state index contributed by atoms with van der Waals surface area (Å²) in [6.45, 7) is 4.36. The fraction of sp³-hybridized carbons (Fsp3) is 0.556. The molecule has 1 aromatic rings. The Morgan fingerprint density at radius 1 is 1.77 bits per heavy atom. The van der Waals surface area contributed by atoms with Crippen LogP contribution in [0.1, 0.15) is 41.7 Å². The Bertz CT molecular complexity index is 356. The molecule has 4 heteroatoms. The molecule has 1 fully saturated rings. The number of aromatic nitrogens is 1. The van der Waals surface area contributed by atoms with E-state index in [1.54, 1.807) is 5.38 Å². The second kappa shape index (κ2) is 2.54. The summed E-state index contributed by atoms with van der Waals surface area (Å²) in [6.07, 6.45) is 1.12. The molecule has 1 aliphatic carbocycles. The predicted octanol–water partition coefficient (Wildman–Crippen LogP) is 2.35. The van der Waals surface area contributed by atoms with Gasteiger partial charge in [0.25, 0.3) is 0 Å². The van der Waals surface area contributed by atoms with Crippen molar-refractivity contribution in [1.82, 2.24) is 4.98 Å². The zero-order valence-corrected chi connectivity index (χ0v) is 8.39. The smallest absolute Gasteiger partial charge is 0.355 e. The molecule has 1 atom stereocenters. The third kappa shape index (κ3) is 1.46. The van der Waals surface area contributed by atoms with Gasteiger partial charge in [0.15, 0.2) is 5.69 Å². The zero-order chi connectivity index (χ0) is 9.64. The fourth-order valence-electron chi connectivity index (χ4n) is 1.43. The standard InChI is InChI=1S/C9H11NO2S/c1-9(2)3-5(9)7-10-6(4-13-7)8(11)12/h4-5H,3H2,1-2H3,(H,11,12). The minimum absolute atomic E-state index is 0.183. The van der Waals surface area contributed by atoms with Gasteiger partial charge in [0.1, 0.15) is 0 Å². The molecule has 0 aromatic carbocycles. The molecule has 0 radical (unpaired) electrons. The van der Waals surface area contributed by atoms with Crippen LogP contribution in [0.2, 0.25) is 0 Å². The minimum atomic E-state index is -0.930. The Hall–Kier alpha value is -0.900. The minimum Gasteiger partial charge on any atom is -0.476 e. The summed E-state index contributed by atoms with van der Waals surface area (Å²) in [6, 6.07) is 0. The van der Waals surface area contributed by atoms with Crippen molar-refractivity contribution >= 4 is 17.3 Å². The molecule has 0 bridgehead atoms. The average Bonchev–Trinajstić information content (AvgIpc) is 2.50. The number of carboxylic acid groups (broad SMARTS) is 1. The van der Waals surface area contributed by atoms with Gasteiger partial charge in [-0.15, -0.1) is 11.3 Å². The molecule has 1 unspecified atom stereocenters. The molecular formula is C9H11NO2S. The van der Waals surface area contributed by atoms with Crippen molar-refractivity contribution in [2.24, 2.45) is 5.41 Å². The Morgan fingerprint density at radius 3 is 2.77 bits per heavy atom. The van der Waals surface area contributed by atoms with Crippen LogP contribution in [0.4, 0.5) is 0 Å². The number of nitrogens with zero attached hydrogens (tertiary/aromatic N) is 1. The summed E-state index contributed by atoms with van der Waals surface area (Å²) in [4.78, 5) is 14.6. The zero-order valence-electron chi connectivity index (χ0n) is 7.57. The molecule has 1 saturated carbocycles. The molecule has 3 nitrogen and oxygen atoms in total. The molecule has 2 rings (SSSR count). The van der Waals surface area contributed by atoms with Crippen LogP contribution in [0.3, 0.4) is 0 Å². The lowest BCUT2D eigenvalue weighted by Crippen LogP contribution is -1.97. The van der Waals surface area contributed by atoms with E-state index in [4.69, 9.17) is 5.11 Å². The van der Waals surface area contributed by atoms with E-state index in [1.165, 1.54) is 11.3 Å². The summed E-state index contributed by atoms with van der Waals surface area (Å²) in [7, 11) is 0. The quantitative estimate of drug-likeness (QED) is 0.791. The molecule has 1 aliphatic rings. The van der Waals surface area contributed by atoms with Gasteiger partial charge < -0.3 is 5.11 Å². The van der Waals surface area contributed by atoms with Crippen molar-refractivity contribution in [3.05, 3.63) is 16.1 Å². The summed E-state index contributed by atoms with van der Waals surface area (Å²) in [5.41, 5.74) is 0.510. The first-order valence-corrected chi connectivity index (χ1v) is 5.07. The summed E-state index contributed by atoms with van der Waals surface area (Å²) in [5, 5.41) is 11.3. The van der Waals surface area contributed by atoms with E-state index in [9.17, 15) is 4.79 Å². The highest BCUT2D eigenvalue weighted by molar-refractivity contribution is 7.10. The van der Waals surface area contributed by atoms with Gasteiger partial charge in [0, 0.05) is 11.3 Å². The summed E-state index contributed by atoms with van der Waals surface area (Å²) < 4.78 is 0. The van der Waals surface area contributed by atoms with E-state index in [-0.39, 0.29) is 5.69 Å². The third-order valence-corrected chi connectivity index (χ3v) is 3.51. The lowest BCUT2D eigenvalue weighted by molar-refractivity contribution is 0.0691. The number of hydrogen-bond donors (Lipinski definition) is 1. The van der Waals surface area contributed by atoms with Gasteiger partial charge in [0.2, 0.25) is 0 Å². The SMILES string of the molecule is CC1(C)CC1c1nc(C(=O)O)cs1. The van der Waals surface area contributed by atoms with Crippen molar-refractivity contribution in [3.8, 4) is 0 Å². The number of rotatable bonds is 2. The first-order chi connectivity index (χ1) is 6.00. The van der Waals surface area contributed by atoms with Crippen LogP contribution < -0.4 is 0 Å². The maximum Gasteiger partial charge on any atom is 0.355 e. The Morgan fingerprint density at radius 2 is 2.38 bits per heavy atom. The maximum absolute atomic E-state index is 10.6. The molecule has 1 heterocycles. The van der Waals surface area contributed by atoms with Crippen LogP contribution in [-0.4, -0.2) is 16.1 Å². The van der Waals surface area contributed by atoms with E-state index in [1.807, 2.05) is 0 Å². The highest BCUT2D eigenvalue weighted by atomic mass is 32.1. The monoisotopic (exact) mass is 197 g/mol. The fourth-order valence-corrected chi connectivity index (χ4v) is 2.54. The first-order valence-electron chi connectivity index (χ1n) is 4.19. The lowest BCUT2D eigenvalue weighted by atomic mass is 10.1. The van der Waals surface area contributed by atoms with Crippen LogP contribution in [-0.2, 0) is 0 Å². The van der Waals surface area contributed by atoms with Crippen LogP contribution in [0, 0.1) is 5.41 Å². The summed E-state index contributed by atoms with van der Waals surface area (Å²) in [5.74, 6) is -0.452. The molecule has 0 saturated heterocycles. The first kappa shape index (κ1) is 8.69. The lowest BCUT2D eigenvalue weighted by Gasteiger charge is -1.97. The maximum atomic E-state index is 10.6. The van der Waals surface area contributed by atoms with Gasteiger partial charge in [0.05, 0.1) is 5.01 Å². The van der Waals surface area contributed by atoms with Gasteiger partial charge in [-0.1, -0.05) is 13.8 Å². The van der Waals surface area contributed by atoms with E-state index in [0.717, 1.165) is 11.4 Å². The molecule has 0 spiro atoms. The largest absolute Gasteiger partial charge is 0.476 e.